The summed E-state index contributed by atoms with van der Waals surface area (Å²) in [5, 5.41) is 2.46. The van der Waals surface area contributed by atoms with Gasteiger partial charge in [-0.3, -0.25) is 0 Å². The highest BCUT2D eigenvalue weighted by molar-refractivity contribution is 7.09. The largest absolute Gasteiger partial charge is 0.471 e. The van der Waals surface area contributed by atoms with Gasteiger partial charge in [0.25, 0.3) is 0 Å². The number of thiophene rings is 1. The van der Waals surface area contributed by atoms with Crippen molar-refractivity contribution in [3.8, 4) is 5.88 Å². The van der Waals surface area contributed by atoms with Crippen LogP contribution in [0.4, 0.5) is 0 Å². The Balaban J connectivity index is 2.07. The summed E-state index contributed by atoms with van der Waals surface area (Å²) in [7, 11) is 0. The lowest BCUT2D eigenvalue weighted by atomic mass is 10.5. The van der Waals surface area contributed by atoms with Gasteiger partial charge in [0.1, 0.15) is 11.6 Å². The molecule has 0 bridgehead atoms. The summed E-state index contributed by atoms with van der Waals surface area (Å²) in [5.41, 5.74) is 0. The van der Waals surface area contributed by atoms with E-state index in [1.807, 2.05) is 17.5 Å². The maximum Gasteiger partial charge on any atom is 0.237 e. The monoisotopic (exact) mass is 260 g/mol. The van der Waals surface area contributed by atoms with Crippen LogP contribution in [0.1, 0.15) is 4.88 Å². The third-order valence-electron chi connectivity index (χ3n) is 1.61. The summed E-state index contributed by atoms with van der Waals surface area (Å²) in [6.07, 6.45) is 1.42. The fraction of sp³-hybridized carbons (Fsp3) is 0.111. The molecule has 0 atom stereocenters. The van der Waals surface area contributed by atoms with Gasteiger partial charge in [0.15, 0.2) is 0 Å². The minimum atomic E-state index is 0.126. The molecular formula is C9H6Cl2N2OS. The molecule has 0 aliphatic rings. The molecule has 0 aliphatic heterocycles. The number of rotatable bonds is 3. The summed E-state index contributed by atoms with van der Waals surface area (Å²) in [6, 6.07) is 3.93. The van der Waals surface area contributed by atoms with Gasteiger partial charge in [-0.1, -0.05) is 17.7 Å². The molecule has 2 aromatic rings. The van der Waals surface area contributed by atoms with Crippen LogP contribution in [-0.2, 0) is 6.61 Å². The summed E-state index contributed by atoms with van der Waals surface area (Å²) in [4.78, 5) is 8.70. The molecule has 0 aliphatic carbocycles. The third kappa shape index (κ3) is 2.81. The summed E-state index contributed by atoms with van der Waals surface area (Å²) < 4.78 is 5.40. The average molecular weight is 261 g/mol. The summed E-state index contributed by atoms with van der Waals surface area (Å²) >= 11 is 13.1. The lowest BCUT2D eigenvalue weighted by Gasteiger charge is -2.04. The minimum absolute atomic E-state index is 0.126. The van der Waals surface area contributed by atoms with Gasteiger partial charge in [-0.2, -0.15) is 4.98 Å². The van der Waals surface area contributed by atoms with Crippen LogP contribution in [0.25, 0.3) is 0 Å². The lowest BCUT2D eigenvalue weighted by molar-refractivity contribution is 0.297. The number of hydrogen-bond donors (Lipinski definition) is 0. The molecule has 2 rings (SSSR count). The molecule has 0 amide bonds. The predicted molar refractivity (Wildman–Crippen MR) is 60.7 cm³/mol. The maximum absolute atomic E-state index is 5.83. The first kappa shape index (κ1) is 10.7. The zero-order valence-corrected chi connectivity index (χ0v) is 9.81. The summed E-state index contributed by atoms with van der Waals surface area (Å²) in [5.74, 6) is 0.310. The fourth-order valence-electron chi connectivity index (χ4n) is 0.967. The Kier molecular flexibility index (Phi) is 3.41. The van der Waals surface area contributed by atoms with Crippen LogP contribution in [0, 0.1) is 0 Å². The second-order valence-electron chi connectivity index (χ2n) is 2.66. The predicted octanol–water partition coefficient (Wildman–Crippen LogP) is 3.42. The molecular weight excluding hydrogens is 255 g/mol. The van der Waals surface area contributed by atoms with Gasteiger partial charge < -0.3 is 4.74 Å². The van der Waals surface area contributed by atoms with E-state index in [4.69, 9.17) is 27.9 Å². The first-order valence-corrected chi connectivity index (χ1v) is 5.72. The molecule has 3 nitrogen and oxygen atoms in total. The van der Waals surface area contributed by atoms with Crippen molar-refractivity contribution in [3.05, 3.63) is 38.9 Å². The topological polar surface area (TPSA) is 35.0 Å². The van der Waals surface area contributed by atoms with Crippen LogP contribution in [0.5, 0.6) is 5.88 Å². The van der Waals surface area contributed by atoms with Crippen LogP contribution >= 0.6 is 34.5 Å². The Morgan fingerprint density at radius 3 is 3.00 bits per heavy atom. The van der Waals surface area contributed by atoms with Crippen molar-refractivity contribution in [2.24, 2.45) is 0 Å². The second kappa shape index (κ2) is 4.79. The summed E-state index contributed by atoms with van der Waals surface area (Å²) in [6.45, 7) is 0.435. The van der Waals surface area contributed by atoms with Crippen molar-refractivity contribution in [3.63, 3.8) is 0 Å². The van der Waals surface area contributed by atoms with E-state index in [0.29, 0.717) is 17.5 Å². The molecule has 0 spiro atoms. The molecule has 0 aromatic carbocycles. The molecule has 0 radical (unpaired) electrons. The van der Waals surface area contributed by atoms with E-state index in [9.17, 15) is 0 Å². The molecule has 0 N–H and O–H groups in total. The van der Waals surface area contributed by atoms with E-state index in [2.05, 4.69) is 9.97 Å². The third-order valence-corrected chi connectivity index (χ3v) is 2.91. The number of ether oxygens (including phenoxy) is 1. The quantitative estimate of drug-likeness (QED) is 0.794. The molecule has 0 unspecified atom stereocenters. The van der Waals surface area contributed by atoms with Gasteiger partial charge in [-0.05, 0) is 23.0 Å². The van der Waals surface area contributed by atoms with E-state index in [0.717, 1.165) is 4.88 Å². The van der Waals surface area contributed by atoms with E-state index in [1.54, 1.807) is 11.3 Å². The Morgan fingerprint density at radius 2 is 2.27 bits per heavy atom. The number of hydrogen-bond acceptors (Lipinski definition) is 4. The van der Waals surface area contributed by atoms with Crippen LogP contribution in [0.15, 0.2) is 23.7 Å². The molecule has 0 fully saturated rings. The molecule has 0 saturated carbocycles. The van der Waals surface area contributed by atoms with Crippen molar-refractivity contribution in [2.45, 2.75) is 6.61 Å². The van der Waals surface area contributed by atoms with Gasteiger partial charge in [-0.15, -0.1) is 11.3 Å². The van der Waals surface area contributed by atoms with Crippen molar-refractivity contribution >= 4 is 34.5 Å². The Morgan fingerprint density at radius 1 is 1.40 bits per heavy atom. The fourth-order valence-corrected chi connectivity index (χ4v) is 1.85. The minimum Gasteiger partial charge on any atom is -0.471 e. The van der Waals surface area contributed by atoms with Crippen molar-refractivity contribution < 1.29 is 4.74 Å². The van der Waals surface area contributed by atoms with E-state index >= 15 is 0 Å². The first-order chi connectivity index (χ1) is 7.25. The van der Waals surface area contributed by atoms with Crippen LogP contribution in [0.3, 0.4) is 0 Å². The molecule has 0 saturated heterocycles. The van der Waals surface area contributed by atoms with Crippen LogP contribution in [0.2, 0.25) is 10.3 Å². The molecule has 6 heteroatoms. The SMILES string of the molecule is Clc1ncc(Cl)c(OCc2cccs2)n1. The zero-order chi connectivity index (χ0) is 10.7. The maximum atomic E-state index is 5.83. The van der Waals surface area contributed by atoms with Gasteiger partial charge in [0.05, 0.1) is 6.20 Å². The van der Waals surface area contributed by atoms with Gasteiger partial charge in [0, 0.05) is 4.88 Å². The smallest absolute Gasteiger partial charge is 0.237 e. The van der Waals surface area contributed by atoms with Crippen LogP contribution < -0.4 is 4.74 Å². The standard InChI is InChI=1S/C9H6Cl2N2OS/c10-7-4-12-9(11)13-8(7)14-5-6-2-1-3-15-6/h1-4H,5H2. The molecule has 2 heterocycles. The Bertz CT molecular complexity index is 447. The lowest BCUT2D eigenvalue weighted by Crippen LogP contribution is -1.97. The van der Waals surface area contributed by atoms with Crippen molar-refractivity contribution in [1.29, 1.82) is 0 Å². The normalized spacial score (nSPS) is 10.3. The molecule has 2 aromatic heterocycles. The molecule has 78 valence electrons. The van der Waals surface area contributed by atoms with Gasteiger partial charge in [0.2, 0.25) is 11.2 Å². The van der Waals surface area contributed by atoms with Crippen molar-refractivity contribution in [1.82, 2.24) is 9.97 Å². The van der Waals surface area contributed by atoms with Gasteiger partial charge in [-0.25, -0.2) is 4.98 Å². The number of nitrogens with zero attached hydrogens (tertiary/aromatic N) is 2. The Hall–Kier alpha value is -0.840. The highest BCUT2D eigenvalue weighted by atomic mass is 35.5. The van der Waals surface area contributed by atoms with Gasteiger partial charge >= 0.3 is 0 Å². The van der Waals surface area contributed by atoms with E-state index < -0.39 is 0 Å². The Labute approximate surface area is 101 Å². The van der Waals surface area contributed by atoms with E-state index in [1.165, 1.54) is 6.20 Å². The second-order valence-corrected chi connectivity index (χ2v) is 4.44. The highest BCUT2D eigenvalue weighted by Gasteiger charge is 2.05. The van der Waals surface area contributed by atoms with Crippen molar-refractivity contribution in [2.75, 3.05) is 0 Å². The zero-order valence-electron chi connectivity index (χ0n) is 7.48. The van der Waals surface area contributed by atoms with Crippen LogP contribution in [-0.4, -0.2) is 9.97 Å². The average Bonchev–Trinajstić information content (AvgIpc) is 2.72. The molecule has 15 heavy (non-hydrogen) atoms. The number of halogens is 2. The number of aromatic nitrogens is 2. The van der Waals surface area contributed by atoms with E-state index in [-0.39, 0.29) is 5.28 Å². The highest BCUT2D eigenvalue weighted by Crippen LogP contribution is 2.23. The first-order valence-electron chi connectivity index (χ1n) is 4.09.